The van der Waals surface area contributed by atoms with Gasteiger partial charge in [-0.05, 0) is 6.92 Å². The monoisotopic (exact) mass is 193 g/mol. The third kappa shape index (κ3) is 1.17. The molecule has 72 valence electrons. The van der Waals surface area contributed by atoms with Crippen molar-refractivity contribution in [3.8, 4) is 0 Å². The predicted molar refractivity (Wildman–Crippen MR) is 50.5 cm³/mol. The highest BCUT2D eigenvalue weighted by atomic mass is 16.2. The number of aryl methyl sites for hydroxylation is 1. The molecule has 0 radical (unpaired) electrons. The zero-order valence-electron chi connectivity index (χ0n) is 7.30. The summed E-state index contributed by atoms with van der Waals surface area (Å²) in [4.78, 5) is 40.5. The average molecular weight is 193 g/mol. The molecule has 0 aliphatic rings. The predicted octanol–water partition coefficient (Wildman–Crippen LogP) is -0.787. The topological polar surface area (TPSA) is 98.6 Å². The maximum atomic E-state index is 11.4. The van der Waals surface area contributed by atoms with E-state index >= 15 is 0 Å². The van der Waals surface area contributed by atoms with Crippen LogP contribution >= 0.6 is 0 Å². The first-order valence-corrected chi connectivity index (χ1v) is 3.94. The van der Waals surface area contributed by atoms with Crippen molar-refractivity contribution in [3.63, 3.8) is 0 Å². The fraction of sp³-hybridized carbons (Fsp3) is 0.125. The van der Waals surface area contributed by atoms with Crippen LogP contribution in [0.3, 0.4) is 0 Å². The summed E-state index contributed by atoms with van der Waals surface area (Å²) in [7, 11) is 0. The molecule has 2 rings (SSSR count). The Morgan fingerprint density at radius 2 is 1.71 bits per heavy atom. The second-order valence-electron chi connectivity index (χ2n) is 2.97. The van der Waals surface area contributed by atoms with Gasteiger partial charge < -0.3 is 9.97 Å². The van der Waals surface area contributed by atoms with Crippen molar-refractivity contribution in [1.29, 1.82) is 0 Å². The van der Waals surface area contributed by atoms with Gasteiger partial charge in [0.15, 0.2) is 0 Å². The van der Waals surface area contributed by atoms with Crippen LogP contribution in [0.4, 0.5) is 0 Å². The molecule has 0 spiro atoms. The zero-order chi connectivity index (χ0) is 10.3. The molecule has 0 aromatic carbocycles. The van der Waals surface area contributed by atoms with Gasteiger partial charge in [-0.3, -0.25) is 14.6 Å². The Kier molecular flexibility index (Phi) is 1.63. The van der Waals surface area contributed by atoms with Crippen molar-refractivity contribution in [2.75, 3.05) is 0 Å². The Labute approximate surface area is 76.6 Å². The molecule has 0 unspecified atom stereocenters. The van der Waals surface area contributed by atoms with Crippen molar-refractivity contribution in [2.45, 2.75) is 6.92 Å². The van der Waals surface area contributed by atoms with Crippen LogP contribution in [-0.2, 0) is 0 Å². The summed E-state index contributed by atoms with van der Waals surface area (Å²) in [5, 5.41) is 0. The van der Waals surface area contributed by atoms with Crippen molar-refractivity contribution < 1.29 is 0 Å². The molecule has 0 bridgehead atoms. The van der Waals surface area contributed by atoms with Crippen LogP contribution < -0.4 is 16.7 Å². The normalized spacial score (nSPS) is 10.6. The van der Waals surface area contributed by atoms with E-state index in [4.69, 9.17) is 0 Å². The van der Waals surface area contributed by atoms with Crippen LogP contribution in [0.1, 0.15) is 5.69 Å². The van der Waals surface area contributed by atoms with Gasteiger partial charge in [0.05, 0.1) is 0 Å². The second-order valence-corrected chi connectivity index (χ2v) is 2.97. The van der Waals surface area contributed by atoms with E-state index in [1.165, 1.54) is 6.07 Å². The smallest absolute Gasteiger partial charge is 0.326 e. The molecule has 0 saturated carbocycles. The number of aromatic nitrogens is 3. The number of hydrogen-bond acceptors (Lipinski definition) is 3. The maximum Gasteiger partial charge on any atom is 0.326 e. The van der Waals surface area contributed by atoms with Crippen LogP contribution in [0.5, 0.6) is 0 Å². The molecular weight excluding hydrogens is 186 g/mol. The van der Waals surface area contributed by atoms with Crippen LogP contribution in [0.15, 0.2) is 20.4 Å². The highest BCUT2D eigenvalue weighted by Crippen LogP contribution is 1.95. The molecule has 0 fully saturated rings. The first-order valence-electron chi connectivity index (χ1n) is 3.94. The Morgan fingerprint density at radius 1 is 1.00 bits per heavy atom. The minimum atomic E-state index is -0.683. The molecule has 2 aromatic heterocycles. The van der Waals surface area contributed by atoms with Crippen molar-refractivity contribution in [1.82, 2.24) is 15.0 Å². The standard InChI is InChI=1S/C8H7N3O3/c1-3-2-4(12)5-6(9-3)7(13)11-8(14)10-5/h2H,1H3,(H,9,12)(H2,10,11,13,14). The molecule has 2 aromatic rings. The van der Waals surface area contributed by atoms with Crippen LogP contribution in [0.2, 0.25) is 0 Å². The Hall–Kier alpha value is -2.11. The number of aromatic amines is 3. The number of hydrogen-bond donors (Lipinski definition) is 3. The van der Waals surface area contributed by atoms with Crippen LogP contribution in [-0.4, -0.2) is 15.0 Å². The maximum absolute atomic E-state index is 11.4. The molecule has 3 N–H and O–H groups in total. The van der Waals surface area contributed by atoms with Gasteiger partial charge >= 0.3 is 5.69 Å². The largest absolute Gasteiger partial charge is 0.353 e. The summed E-state index contributed by atoms with van der Waals surface area (Å²) in [6, 6.07) is 1.32. The van der Waals surface area contributed by atoms with E-state index in [0.29, 0.717) is 5.69 Å². The summed E-state index contributed by atoms with van der Waals surface area (Å²) in [6.07, 6.45) is 0. The number of H-pyrrole nitrogens is 3. The summed E-state index contributed by atoms with van der Waals surface area (Å²) < 4.78 is 0. The van der Waals surface area contributed by atoms with Crippen LogP contribution in [0.25, 0.3) is 11.0 Å². The van der Waals surface area contributed by atoms with Gasteiger partial charge in [0.25, 0.3) is 5.56 Å². The number of rotatable bonds is 0. The Morgan fingerprint density at radius 3 is 2.43 bits per heavy atom. The third-order valence-electron chi connectivity index (χ3n) is 1.86. The highest BCUT2D eigenvalue weighted by Gasteiger charge is 2.04. The van der Waals surface area contributed by atoms with Crippen molar-refractivity contribution >= 4 is 11.0 Å². The lowest BCUT2D eigenvalue weighted by atomic mass is 10.3. The minimum absolute atomic E-state index is 0.00403. The lowest BCUT2D eigenvalue weighted by molar-refractivity contribution is 1.05. The van der Waals surface area contributed by atoms with E-state index in [0.717, 1.165) is 0 Å². The molecule has 0 aliphatic heterocycles. The lowest BCUT2D eigenvalue weighted by Crippen LogP contribution is -2.26. The second kappa shape index (κ2) is 2.69. The van der Waals surface area contributed by atoms with E-state index in [1.807, 2.05) is 4.98 Å². The molecule has 0 amide bonds. The SMILES string of the molecule is Cc1cc(=O)c2[nH]c(=O)[nH]c(=O)c2[nH]1. The zero-order valence-corrected chi connectivity index (χ0v) is 7.30. The van der Waals surface area contributed by atoms with E-state index in [2.05, 4.69) is 9.97 Å². The molecule has 0 aliphatic carbocycles. The number of pyridine rings is 1. The van der Waals surface area contributed by atoms with E-state index in [1.54, 1.807) is 6.92 Å². The van der Waals surface area contributed by atoms with Gasteiger partial charge in [0, 0.05) is 11.8 Å². The Balaban J connectivity index is 3.18. The first-order chi connectivity index (χ1) is 6.58. The van der Waals surface area contributed by atoms with E-state index < -0.39 is 11.2 Å². The fourth-order valence-corrected chi connectivity index (χ4v) is 1.29. The van der Waals surface area contributed by atoms with Gasteiger partial charge in [0.2, 0.25) is 5.43 Å². The molecular formula is C8H7N3O3. The lowest BCUT2D eigenvalue weighted by Gasteiger charge is -1.97. The van der Waals surface area contributed by atoms with Gasteiger partial charge in [-0.25, -0.2) is 4.79 Å². The molecule has 2 heterocycles. The van der Waals surface area contributed by atoms with Gasteiger partial charge in [-0.15, -0.1) is 0 Å². The highest BCUT2D eigenvalue weighted by molar-refractivity contribution is 5.72. The van der Waals surface area contributed by atoms with Crippen LogP contribution in [0, 0.1) is 6.92 Å². The van der Waals surface area contributed by atoms with Gasteiger partial charge in [-0.2, -0.15) is 0 Å². The summed E-state index contributed by atoms with van der Waals surface area (Å²) in [6.45, 7) is 1.66. The Bertz CT molecular complexity index is 662. The third-order valence-corrected chi connectivity index (χ3v) is 1.86. The molecule has 0 atom stereocenters. The van der Waals surface area contributed by atoms with Crippen molar-refractivity contribution in [3.05, 3.63) is 42.8 Å². The first kappa shape index (κ1) is 8.49. The summed E-state index contributed by atoms with van der Waals surface area (Å²) in [5.41, 5.74) is -0.986. The van der Waals surface area contributed by atoms with Gasteiger partial charge in [-0.1, -0.05) is 0 Å². The average Bonchev–Trinajstić information content (AvgIpc) is 2.07. The van der Waals surface area contributed by atoms with Gasteiger partial charge in [0.1, 0.15) is 11.0 Å². The fourth-order valence-electron chi connectivity index (χ4n) is 1.29. The van der Waals surface area contributed by atoms with Crippen molar-refractivity contribution in [2.24, 2.45) is 0 Å². The molecule has 6 heteroatoms. The van der Waals surface area contributed by atoms with E-state index in [9.17, 15) is 14.4 Å². The summed E-state index contributed by atoms with van der Waals surface area (Å²) in [5.74, 6) is 0. The molecule has 6 nitrogen and oxygen atoms in total. The molecule has 0 saturated heterocycles. The number of nitrogens with one attached hydrogen (secondary N) is 3. The quantitative estimate of drug-likeness (QED) is 0.511. The van der Waals surface area contributed by atoms with E-state index in [-0.39, 0.29) is 16.5 Å². The minimum Gasteiger partial charge on any atom is -0.353 e. The molecule has 14 heavy (non-hydrogen) atoms. The summed E-state index contributed by atoms with van der Waals surface area (Å²) >= 11 is 0. The number of fused-ring (bicyclic) bond motifs is 1.